The molecule has 3 heteroatoms. The third-order valence-electron chi connectivity index (χ3n) is 1.74. The van der Waals surface area contributed by atoms with Gasteiger partial charge in [-0.2, -0.15) is 0 Å². The number of likely N-dealkylation sites (tertiary alicyclic amines) is 1. The van der Waals surface area contributed by atoms with Gasteiger partial charge in [-0.3, -0.25) is 9.29 Å². The second kappa shape index (κ2) is 2.84. The number of alkyl halides is 1. The van der Waals surface area contributed by atoms with Gasteiger partial charge in [0.1, 0.15) is 0 Å². The number of β-amino-alcohol motifs (C(OH)–C–C–N with tert-alkyl or cyclic N) is 1. The van der Waals surface area contributed by atoms with E-state index in [0.29, 0.717) is 19.5 Å². The first-order chi connectivity index (χ1) is 4.64. The zero-order valence-corrected chi connectivity index (χ0v) is 6.31. The van der Waals surface area contributed by atoms with E-state index in [9.17, 15) is 9.50 Å². The SMILES string of the molecule is CC1(O)CN(CCCF)C1. The van der Waals surface area contributed by atoms with Crippen LogP contribution < -0.4 is 0 Å². The van der Waals surface area contributed by atoms with Crippen LogP contribution >= 0.6 is 0 Å². The van der Waals surface area contributed by atoms with Gasteiger partial charge >= 0.3 is 0 Å². The van der Waals surface area contributed by atoms with Gasteiger partial charge < -0.3 is 5.11 Å². The van der Waals surface area contributed by atoms with Gasteiger partial charge in [-0.05, 0) is 13.3 Å². The van der Waals surface area contributed by atoms with E-state index >= 15 is 0 Å². The molecule has 1 N–H and O–H groups in total. The summed E-state index contributed by atoms with van der Waals surface area (Å²) in [5.41, 5.74) is -0.504. The van der Waals surface area contributed by atoms with Crippen LogP contribution in [0.1, 0.15) is 13.3 Å². The third-order valence-corrected chi connectivity index (χ3v) is 1.74. The molecule has 1 fully saturated rings. The van der Waals surface area contributed by atoms with Gasteiger partial charge in [-0.1, -0.05) is 0 Å². The van der Waals surface area contributed by atoms with Crippen molar-refractivity contribution in [1.82, 2.24) is 4.90 Å². The fourth-order valence-electron chi connectivity index (χ4n) is 1.36. The molecule has 1 rings (SSSR count). The summed E-state index contributed by atoms with van der Waals surface area (Å²) in [4.78, 5) is 2.06. The lowest BCUT2D eigenvalue weighted by Gasteiger charge is -2.44. The molecule has 1 saturated heterocycles. The summed E-state index contributed by atoms with van der Waals surface area (Å²) in [5, 5.41) is 9.25. The minimum absolute atomic E-state index is 0.251. The number of aliphatic hydroxyl groups is 1. The summed E-state index contributed by atoms with van der Waals surface area (Å²) in [5.74, 6) is 0. The molecule has 10 heavy (non-hydrogen) atoms. The maximum atomic E-state index is 11.6. The molecule has 0 saturated carbocycles. The van der Waals surface area contributed by atoms with Gasteiger partial charge in [-0.25, -0.2) is 0 Å². The first-order valence-corrected chi connectivity index (χ1v) is 3.65. The summed E-state index contributed by atoms with van der Waals surface area (Å²) < 4.78 is 11.6. The lowest BCUT2D eigenvalue weighted by molar-refractivity contribution is -0.0836. The highest BCUT2D eigenvalue weighted by Crippen LogP contribution is 2.19. The molecule has 0 unspecified atom stereocenters. The minimum Gasteiger partial charge on any atom is -0.388 e. The van der Waals surface area contributed by atoms with Crippen LogP contribution in [0.5, 0.6) is 0 Å². The normalized spacial score (nSPS) is 24.3. The van der Waals surface area contributed by atoms with Gasteiger partial charge in [0.15, 0.2) is 0 Å². The molecule has 0 radical (unpaired) electrons. The maximum absolute atomic E-state index is 11.6. The molecule has 1 heterocycles. The van der Waals surface area contributed by atoms with Crippen molar-refractivity contribution in [2.45, 2.75) is 18.9 Å². The Labute approximate surface area is 60.6 Å². The number of nitrogens with zero attached hydrogens (tertiary/aromatic N) is 1. The van der Waals surface area contributed by atoms with Crippen molar-refractivity contribution in [3.05, 3.63) is 0 Å². The molecular formula is C7H14FNO. The standard InChI is InChI=1S/C7H14FNO/c1-7(10)5-9(6-7)4-2-3-8/h10H,2-6H2,1H3. The van der Waals surface area contributed by atoms with Crippen LogP contribution in [0.3, 0.4) is 0 Å². The zero-order chi connectivity index (χ0) is 7.61. The Morgan fingerprint density at radius 3 is 2.60 bits per heavy atom. The molecule has 1 aliphatic heterocycles. The van der Waals surface area contributed by atoms with Gasteiger partial charge in [0.05, 0.1) is 12.3 Å². The van der Waals surface area contributed by atoms with Crippen molar-refractivity contribution in [2.24, 2.45) is 0 Å². The van der Waals surface area contributed by atoms with Crippen LogP contribution in [0.15, 0.2) is 0 Å². The van der Waals surface area contributed by atoms with Gasteiger partial charge in [0, 0.05) is 19.6 Å². The number of halogens is 1. The van der Waals surface area contributed by atoms with Gasteiger partial charge in [0.2, 0.25) is 0 Å². The van der Waals surface area contributed by atoms with Gasteiger partial charge in [-0.15, -0.1) is 0 Å². The van der Waals surface area contributed by atoms with Crippen LogP contribution in [0, 0.1) is 0 Å². The molecule has 0 atom stereocenters. The monoisotopic (exact) mass is 147 g/mol. The summed E-state index contributed by atoms with van der Waals surface area (Å²) in [6.45, 7) is 3.74. The summed E-state index contributed by atoms with van der Waals surface area (Å²) >= 11 is 0. The highest BCUT2D eigenvalue weighted by Gasteiger charge is 2.35. The number of rotatable bonds is 3. The first-order valence-electron chi connectivity index (χ1n) is 3.65. The van der Waals surface area contributed by atoms with E-state index in [1.807, 2.05) is 0 Å². The van der Waals surface area contributed by atoms with E-state index < -0.39 is 5.60 Å². The van der Waals surface area contributed by atoms with Crippen LogP contribution in [-0.2, 0) is 0 Å². The van der Waals surface area contributed by atoms with Crippen molar-refractivity contribution >= 4 is 0 Å². The lowest BCUT2D eigenvalue weighted by Crippen LogP contribution is -2.59. The molecule has 0 amide bonds. The minimum atomic E-state index is -0.504. The second-order valence-corrected chi connectivity index (χ2v) is 3.25. The lowest BCUT2D eigenvalue weighted by atomic mass is 9.97. The molecule has 0 bridgehead atoms. The number of hydrogen-bond acceptors (Lipinski definition) is 2. The average molecular weight is 147 g/mol. The summed E-state index contributed by atoms with van der Waals surface area (Å²) in [6, 6.07) is 0. The van der Waals surface area contributed by atoms with E-state index in [-0.39, 0.29) is 6.67 Å². The quantitative estimate of drug-likeness (QED) is 0.625. The largest absolute Gasteiger partial charge is 0.388 e. The first kappa shape index (κ1) is 7.95. The Bertz CT molecular complexity index is 108. The molecular weight excluding hydrogens is 133 g/mol. The van der Waals surface area contributed by atoms with E-state index in [1.165, 1.54) is 0 Å². The summed E-state index contributed by atoms with van der Waals surface area (Å²) in [7, 11) is 0. The molecule has 0 aromatic heterocycles. The molecule has 0 spiro atoms. The number of hydrogen-bond donors (Lipinski definition) is 1. The fraction of sp³-hybridized carbons (Fsp3) is 1.00. The maximum Gasteiger partial charge on any atom is 0.0906 e. The Morgan fingerprint density at radius 1 is 1.60 bits per heavy atom. The van der Waals surface area contributed by atoms with Crippen molar-refractivity contribution in [1.29, 1.82) is 0 Å². The predicted molar refractivity (Wildman–Crippen MR) is 37.7 cm³/mol. The van der Waals surface area contributed by atoms with E-state index in [1.54, 1.807) is 6.92 Å². The van der Waals surface area contributed by atoms with Crippen molar-refractivity contribution in [3.63, 3.8) is 0 Å². The van der Waals surface area contributed by atoms with Crippen LogP contribution in [0.4, 0.5) is 4.39 Å². The molecule has 0 aliphatic carbocycles. The van der Waals surface area contributed by atoms with Crippen LogP contribution in [-0.4, -0.2) is 41.9 Å². The Kier molecular flexibility index (Phi) is 2.26. The predicted octanol–water partition coefficient (Wildman–Crippen LogP) is 0.413. The zero-order valence-electron chi connectivity index (χ0n) is 6.31. The molecule has 0 aromatic carbocycles. The van der Waals surface area contributed by atoms with Crippen molar-refractivity contribution in [3.8, 4) is 0 Å². The highest BCUT2D eigenvalue weighted by atomic mass is 19.1. The Hall–Kier alpha value is -0.150. The molecule has 60 valence electrons. The molecule has 1 aliphatic rings. The van der Waals surface area contributed by atoms with Crippen molar-refractivity contribution in [2.75, 3.05) is 26.3 Å². The van der Waals surface area contributed by atoms with Crippen molar-refractivity contribution < 1.29 is 9.50 Å². The van der Waals surface area contributed by atoms with E-state index in [0.717, 1.165) is 6.54 Å². The Morgan fingerprint density at radius 2 is 2.20 bits per heavy atom. The molecule has 2 nitrogen and oxygen atoms in total. The van der Waals surface area contributed by atoms with E-state index in [4.69, 9.17) is 0 Å². The Balaban J connectivity index is 2.03. The smallest absolute Gasteiger partial charge is 0.0906 e. The van der Waals surface area contributed by atoms with Crippen LogP contribution in [0.25, 0.3) is 0 Å². The van der Waals surface area contributed by atoms with E-state index in [2.05, 4.69) is 4.90 Å². The second-order valence-electron chi connectivity index (χ2n) is 3.25. The van der Waals surface area contributed by atoms with Gasteiger partial charge in [0.25, 0.3) is 0 Å². The molecule has 0 aromatic rings. The highest BCUT2D eigenvalue weighted by molar-refractivity contribution is 4.90. The van der Waals surface area contributed by atoms with Crippen LogP contribution in [0.2, 0.25) is 0 Å². The average Bonchev–Trinajstić information content (AvgIpc) is 1.78. The fourth-order valence-corrected chi connectivity index (χ4v) is 1.36. The topological polar surface area (TPSA) is 23.5 Å². The summed E-state index contributed by atoms with van der Waals surface area (Å²) in [6.07, 6.45) is 0.593. The third kappa shape index (κ3) is 1.92.